The molecule has 58 valence electrons. The number of hydrogen-bond acceptors (Lipinski definition) is 0. The Labute approximate surface area is 89.3 Å². The molecule has 0 aliphatic rings. The second kappa shape index (κ2) is 4.33. The van der Waals surface area contributed by atoms with Crippen molar-refractivity contribution in [2.75, 3.05) is 0 Å². The minimum absolute atomic E-state index is 0.593. The molecule has 0 aliphatic carbocycles. The molecular weight excluding hydrogens is 294 g/mol. The van der Waals surface area contributed by atoms with E-state index in [0.29, 0.717) is 8.07 Å². The zero-order chi connectivity index (χ0) is 8.27. The Morgan fingerprint density at radius 1 is 1.09 bits per heavy atom. The summed E-state index contributed by atoms with van der Waals surface area (Å²) >= 11 is 13.6. The van der Waals surface area contributed by atoms with Gasteiger partial charge in [0.2, 0.25) is 0 Å². The Bertz CT molecular complexity index is 263. The fourth-order valence-electron chi connectivity index (χ4n) is 0.694. The summed E-state index contributed by atoms with van der Waals surface area (Å²) in [6.45, 7) is 0. The van der Waals surface area contributed by atoms with E-state index in [1.807, 2.05) is 52.9 Å². The Morgan fingerprint density at radius 3 is 2.09 bits per heavy atom. The average Bonchev–Trinajstić information content (AvgIpc) is 2.05. The third-order valence-corrected chi connectivity index (χ3v) is 2.74. The lowest BCUT2D eigenvalue weighted by Gasteiger charge is -1.97. The predicted octanol–water partition coefficient (Wildman–Crippen LogP) is 4.23. The van der Waals surface area contributed by atoms with Gasteiger partial charge in [0.05, 0.1) is 8.07 Å². The Kier molecular flexibility index (Phi) is 3.69. The molecule has 0 aliphatic heterocycles. The molecule has 1 aromatic carbocycles. The first kappa shape index (κ1) is 9.36. The maximum absolute atomic E-state index is 5.88. The van der Waals surface area contributed by atoms with Crippen LogP contribution in [0, 0.1) is 0 Å². The first-order valence-corrected chi connectivity index (χ1v) is 4.81. The van der Waals surface area contributed by atoms with E-state index in [1.165, 1.54) is 0 Å². The van der Waals surface area contributed by atoms with E-state index < -0.39 is 0 Å². The molecule has 0 heterocycles. The van der Waals surface area contributed by atoms with Gasteiger partial charge in [-0.05, 0) is 28.2 Å². The maximum Gasteiger partial charge on any atom is 0.0980 e. The fraction of sp³-hybridized carbons (Fsp3) is 0. The molecule has 3 heteroatoms. The maximum atomic E-state index is 5.88. The van der Waals surface area contributed by atoms with Crippen LogP contribution < -0.4 is 0 Å². The van der Waals surface area contributed by atoms with Crippen LogP contribution in [0.15, 0.2) is 33.4 Å². The number of halogens is 3. The zero-order valence-corrected chi connectivity index (χ0v) is 9.19. The van der Waals surface area contributed by atoms with Gasteiger partial charge in [-0.2, -0.15) is 0 Å². The molecule has 0 fully saturated rings. The topological polar surface area (TPSA) is 0 Å². The zero-order valence-electron chi connectivity index (χ0n) is 5.52. The number of benzene rings is 1. The summed E-state index contributed by atoms with van der Waals surface area (Å²) in [5, 5.41) is 0.605. The fourth-order valence-corrected chi connectivity index (χ4v) is 1.24. The van der Waals surface area contributed by atoms with Gasteiger partial charge in [-0.15, -0.1) is 0 Å². The lowest BCUT2D eigenvalue weighted by atomic mass is 10.2. The van der Waals surface area contributed by atoms with Crippen molar-refractivity contribution in [1.82, 2.24) is 0 Å². The van der Waals surface area contributed by atoms with Crippen molar-refractivity contribution in [2.24, 2.45) is 0 Å². The number of hydrogen-bond donors (Lipinski definition) is 0. The summed E-state index contributed by atoms with van der Waals surface area (Å²) < 4.78 is 0.593. The highest BCUT2D eigenvalue weighted by molar-refractivity contribution is 14.1. The van der Waals surface area contributed by atoms with E-state index in [0.717, 1.165) is 5.56 Å². The summed E-state index contributed by atoms with van der Waals surface area (Å²) in [6, 6.07) is 9.63. The van der Waals surface area contributed by atoms with Gasteiger partial charge in [-0.3, -0.25) is 0 Å². The molecule has 1 aromatic rings. The van der Waals surface area contributed by atoms with Crippen LogP contribution in [0.2, 0.25) is 0 Å². The molecule has 0 nitrogen and oxygen atoms in total. The molecule has 0 bridgehead atoms. The minimum Gasteiger partial charge on any atom is -0.0815 e. The van der Waals surface area contributed by atoms with E-state index in [2.05, 4.69) is 0 Å². The van der Waals surface area contributed by atoms with Crippen molar-refractivity contribution in [3.05, 3.63) is 38.9 Å². The van der Waals surface area contributed by atoms with E-state index in [9.17, 15) is 0 Å². The van der Waals surface area contributed by atoms with Gasteiger partial charge in [-0.1, -0.05) is 53.5 Å². The highest BCUT2D eigenvalue weighted by Crippen LogP contribution is 2.28. The average molecular weight is 299 g/mol. The van der Waals surface area contributed by atoms with Gasteiger partial charge in [0.1, 0.15) is 0 Å². The second-order valence-corrected chi connectivity index (χ2v) is 4.41. The second-order valence-electron chi connectivity index (χ2n) is 1.94. The Hall–Kier alpha value is 0.270. The van der Waals surface area contributed by atoms with Crippen LogP contribution in [-0.4, -0.2) is 0 Å². The first-order valence-electron chi connectivity index (χ1n) is 2.98. The van der Waals surface area contributed by atoms with Gasteiger partial charge >= 0.3 is 0 Å². The highest BCUT2D eigenvalue weighted by atomic mass is 127. The monoisotopic (exact) mass is 298 g/mol. The van der Waals surface area contributed by atoms with Crippen molar-refractivity contribution in [2.45, 2.75) is 0 Å². The third kappa shape index (κ3) is 2.65. The van der Waals surface area contributed by atoms with Crippen LogP contribution in [0.5, 0.6) is 0 Å². The predicted molar refractivity (Wildman–Crippen MR) is 59.1 cm³/mol. The van der Waals surface area contributed by atoms with Crippen LogP contribution in [0.1, 0.15) is 5.56 Å². The van der Waals surface area contributed by atoms with Gasteiger partial charge in [0.15, 0.2) is 0 Å². The van der Waals surface area contributed by atoms with Crippen LogP contribution >= 0.6 is 45.8 Å². The summed E-state index contributed by atoms with van der Waals surface area (Å²) in [5.41, 5.74) is 0.952. The van der Waals surface area contributed by atoms with E-state index in [1.54, 1.807) is 0 Å². The normalized spacial score (nSPS) is 12.6. The number of rotatable bonds is 1. The Balaban J connectivity index is 3.04. The molecule has 1 rings (SSSR count). The van der Waals surface area contributed by atoms with Crippen LogP contribution in [-0.2, 0) is 0 Å². The molecule has 0 atom stereocenters. The van der Waals surface area contributed by atoms with E-state index >= 15 is 0 Å². The molecule has 0 unspecified atom stereocenters. The van der Waals surface area contributed by atoms with Crippen LogP contribution in [0.3, 0.4) is 0 Å². The van der Waals surface area contributed by atoms with E-state index in [-0.39, 0.29) is 0 Å². The van der Waals surface area contributed by atoms with Crippen molar-refractivity contribution in [1.29, 1.82) is 0 Å². The molecule has 0 saturated carbocycles. The molecule has 0 saturated heterocycles. The minimum atomic E-state index is 0.593. The molecule has 0 radical (unpaired) electrons. The summed E-state index contributed by atoms with van der Waals surface area (Å²) in [6.07, 6.45) is 0. The van der Waals surface area contributed by atoms with Gasteiger partial charge in [0, 0.05) is 0 Å². The van der Waals surface area contributed by atoms with Crippen LogP contribution in [0.4, 0.5) is 0 Å². The van der Waals surface area contributed by atoms with Gasteiger partial charge in [0.25, 0.3) is 0 Å². The molecule has 0 spiro atoms. The van der Waals surface area contributed by atoms with Gasteiger partial charge in [-0.25, -0.2) is 0 Å². The lowest BCUT2D eigenvalue weighted by molar-refractivity contribution is 1.65. The largest absolute Gasteiger partial charge is 0.0980 e. The standard InChI is InChI=1S/C8H5Cl2I/c9-7(8(10)11)6-4-2-1-3-5-6/h1-5H/b8-7+. The molecule has 0 amide bonds. The highest BCUT2D eigenvalue weighted by Gasteiger charge is 1.99. The van der Waals surface area contributed by atoms with Crippen molar-refractivity contribution in [3.63, 3.8) is 0 Å². The Morgan fingerprint density at radius 2 is 1.64 bits per heavy atom. The quantitative estimate of drug-likeness (QED) is 0.681. The lowest BCUT2D eigenvalue weighted by Crippen LogP contribution is -1.74. The molecule has 11 heavy (non-hydrogen) atoms. The molecular formula is C8H5Cl2I. The summed E-state index contributed by atoms with van der Waals surface area (Å²) in [4.78, 5) is 0. The van der Waals surface area contributed by atoms with Gasteiger partial charge < -0.3 is 0 Å². The molecule has 0 N–H and O–H groups in total. The summed E-state index contributed by atoms with van der Waals surface area (Å²) in [5.74, 6) is 0. The van der Waals surface area contributed by atoms with Crippen molar-refractivity contribution < 1.29 is 0 Å². The summed E-state index contributed by atoms with van der Waals surface area (Å²) in [7, 11) is 0. The molecule has 0 aromatic heterocycles. The SMILES string of the molecule is Cl/C(I)=C(\Cl)c1ccccc1. The third-order valence-electron chi connectivity index (χ3n) is 1.19. The van der Waals surface area contributed by atoms with Crippen molar-refractivity contribution in [3.8, 4) is 0 Å². The first-order chi connectivity index (χ1) is 5.22. The van der Waals surface area contributed by atoms with Crippen molar-refractivity contribution >= 4 is 50.8 Å². The smallest absolute Gasteiger partial charge is 0.0815 e. The van der Waals surface area contributed by atoms with E-state index in [4.69, 9.17) is 23.2 Å². The van der Waals surface area contributed by atoms with Crippen LogP contribution in [0.25, 0.3) is 5.03 Å².